The van der Waals surface area contributed by atoms with Gasteiger partial charge >= 0.3 is 6.09 Å². The topological polar surface area (TPSA) is 202 Å². The quantitative estimate of drug-likeness (QED) is 0.138. The molecule has 10 N–H and O–H groups in total. The molecule has 3 heterocycles. The number of nitrogens with zero attached hydrogens (tertiary/aromatic N) is 3. The van der Waals surface area contributed by atoms with Crippen LogP contribution in [0.25, 0.3) is 0 Å². The zero-order chi connectivity index (χ0) is 17.0. The fraction of sp³-hybridized carbons (Fsp3) is 0.800. The van der Waals surface area contributed by atoms with Crippen LogP contribution in [0.5, 0.6) is 0 Å². The molecule has 0 aromatic carbocycles. The Morgan fingerprint density at radius 2 is 2.26 bits per heavy atom. The van der Waals surface area contributed by atoms with Crippen LogP contribution in [0.3, 0.4) is 0 Å². The molecule has 2 saturated heterocycles. The number of nitrogens with two attached hydrogens (primary N) is 2. The third-order valence-corrected chi connectivity index (χ3v) is 4.56. The number of amides is 1. The maximum atomic E-state index is 11.1. The number of carbonyl (C=O) groups excluding carboxylic acids is 1. The number of carbonyl (C=O) groups is 1. The number of aliphatic imine (C=N–C) groups is 1. The summed E-state index contributed by atoms with van der Waals surface area (Å²) in [7, 11) is 0. The first-order chi connectivity index (χ1) is 10.7. The molecule has 1 spiro atoms. The summed E-state index contributed by atoms with van der Waals surface area (Å²) >= 11 is 0. The molecule has 4 atom stereocenters. The standard InChI is InChI=1S/C10H19N7O6/c11-6-13-5-4(3-23-8(18)15-21)17(22)7(12)16-2-1-9(19,20)10(5,16)14-6/h4-5,7,19-22H,1-3,12H2,(H,15,18)(H3,11,13,14)/t4-,5-,7?,10-/m0/s1. The van der Waals surface area contributed by atoms with Crippen LogP contribution < -0.4 is 22.3 Å². The number of hydrogen-bond acceptors (Lipinski definition) is 12. The van der Waals surface area contributed by atoms with E-state index in [2.05, 4.69) is 10.3 Å². The molecule has 1 unspecified atom stereocenters. The third-order valence-electron chi connectivity index (χ3n) is 4.56. The Labute approximate surface area is 130 Å². The highest BCUT2D eigenvalue weighted by Gasteiger charge is 2.71. The van der Waals surface area contributed by atoms with E-state index in [9.17, 15) is 20.2 Å². The van der Waals surface area contributed by atoms with Crippen molar-refractivity contribution in [3.05, 3.63) is 0 Å². The van der Waals surface area contributed by atoms with Crippen LogP contribution in [-0.4, -0.2) is 85.6 Å². The van der Waals surface area contributed by atoms with E-state index < -0.39 is 42.5 Å². The zero-order valence-corrected chi connectivity index (χ0v) is 12.0. The van der Waals surface area contributed by atoms with E-state index in [1.807, 2.05) is 0 Å². The van der Waals surface area contributed by atoms with Crippen molar-refractivity contribution in [3.63, 3.8) is 0 Å². The van der Waals surface area contributed by atoms with Crippen LogP contribution in [0.4, 0.5) is 4.79 Å². The summed E-state index contributed by atoms with van der Waals surface area (Å²) in [4.78, 5) is 16.6. The Bertz CT molecular complexity index is 544. The highest BCUT2D eigenvalue weighted by atomic mass is 16.6. The lowest BCUT2D eigenvalue weighted by Crippen LogP contribution is -2.82. The molecule has 0 radical (unpaired) electrons. The molecule has 3 rings (SSSR count). The molecule has 13 nitrogen and oxygen atoms in total. The summed E-state index contributed by atoms with van der Waals surface area (Å²) in [5.74, 6) is -2.29. The maximum absolute atomic E-state index is 11.1. The molecule has 130 valence electrons. The molecule has 0 bridgehead atoms. The summed E-state index contributed by atoms with van der Waals surface area (Å²) in [6.07, 6.45) is -2.31. The Balaban J connectivity index is 1.96. The fourth-order valence-electron chi connectivity index (χ4n) is 3.55. The molecule has 2 fully saturated rings. The van der Waals surface area contributed by atoms with E-state index in [1.165, 1.54) is 10.4 Å². The number of hydrogen-bond donors (Lipinski definition) is 8. The van der Waals surface area contributed by atoms with Crippen molar-refractivity contribution in [2.24, 2.45) is 16.5 Å². The second-order valence-electron chi connectivity index (χ2n) is 5.68. The molecule has 0 aromatic rings. The van der Waals surface area contributed by atoms with Gasteiger partial charge in [-0.15, -0.1) is 0 Å². The van der Waals surface area contributed by atoms with Crippen molar-refractivity contribution >= 4 is 12.1 Å². The Kier molecular flexibility index (Phi) is 3.60. The van der Waals surface area contributed by atoms with Crippen molar-refractivity contribution in [2.75, 3.05) is 13.2 Å². The van der Waals surface area contributed by atoms with Crippen molar-refractivity contribution < 1.29 is 30.2 Å². The Hall–Kier alpha value is -1.74. The predicted octanol–water partition coefficient (Wildman–Crippen LogP) is -4.21. The number of nitrogens with one attached hydrogen (secondary N) is 2. The van der Waals surface area contributed by atoms with Gasteiger partial charge in [0.2, 0.25) is 5.79 Å². The van der Waals surface area contributed by atoms with Crippen LogP contribution in [0.1, 0.15) is 6.42 Å². The van der Waals surface area contributed by atoms with E-state index in [-0.39, 0.29) is 18.9 Å². The van der Waals surface area contributed by atoms with Gasteiger partial charge in [-0.05, 0) is 0 Å². The van der Waals surface area contributed by atoms with E-state index in [1.54, 1.807) is 0 Å². The summed E-state index contributed by atoms with van der Waals surface area (Å²) in [6.45, 7) is -0.256. The molecule has 13 heteroatoms. The van der Waals surface area contributed by atoms with Gasteiger partial charge in [0, 0.05) is 13.0 Å². The van der Waals surface area contributed by atoms with Crippen LogP contribution in [0.15, 0.2) is 4.99 Å². The smallest absolute Gasteiger partial charge is 0.431 e. The number of rotatable bonds is 2. The monoisotopic (exact) mass is 333 g/mol. The van der Waals surface area contributed by atoms with Gasteiger partial charge in [0.1, 0.15) is 18.9 Å². The summed E-state index contributed by atoms with van der Waals surface area (Å²) in [5.41, 5.74) is 11.4. The van der Waals surface area contributed by atoms with Gasteiger partial charge in [0.15, 0.2) is 11.6 Å². The first-order valence-electron chi connectivity index (χ1n) is 6.87. The Morgan fingerprint density at radius 1 is 1.57 bits per heavy atom. The molecule has 0 aromatic heterocycles. The third kappa shape index (κ3) is 2.06. The van der Waals surface area contributed by atoms with E-state index in [0.29, 0.717) is 5.06 Å². The van der Waals surface area contributed by atoms with Gasteiger partial charge in [-0.1, -0.05) is 0 Å². The molecular weight excluding hydrogens is 314 g/mol. The number of guanidine groups is 1. The first-order valence-corrected chi connectivity index (χ1v) is 6.87. The first kappa shape index (κ1) is 16.1. The van der Waals surface area contributed by atoms with Crippen LogP contribution in [-0.2, 0) is 4.74 Å². The molecule has 0 saturated carbocycles. The van der Waals surface area contributed by atoms with Crippen molar-refractivity contribution in [3.8, 4) is 0 Å². The SMILES string of the molecule is NC1=N[C@H]2[C@H](COC(=O)NO)N(O)C(N)N3CCC(O)(O)[C@]23N1. The van der Waals surface area contributed by atoms with Crippen LogP contribution >= 0.6 is 0 Å². The predicted molar refractivity (Wildman–Crippen MR) is 71.4 cm³/mol. The second kappa shape index (κ2) is 5.13. The molecule has 1 amide bonds. The average Bonchev–Trinajstić information content (AvgIpc) is 2.97. The van der Waals surface area contributed by atoms with Gasteiger partial charge < -0.3 is 36.9 Å². The number of aliphatic hydroxyl groups is 2. The van der Waals surface area contributed by atoms with Crippen molar-refractivity contribution in [1.82, 2.24) is 20.8 Å². The fourth-order valence-corrected chi connectivity index (χ4v) is 3.55. The summed E-state index contributed by atoms with van der Waals surface area (Å²) in [6, 6.07) is -2.01. The van der Waals surface area contributed by atoms with Gasteiger partial charge in [-0.2, -0.15) is 5.06 Å². The Morgan fingerprint density at radius 3 is 2.91 bits per heavy atom. The van der Waals surface area contributed by atoms with Gasteiger partial charge in [0.05, 0.1) is 6.04 Å². The molecule has 23 heavy (non-hydrogen) atoms. The number of ether oxygens (including phenoxy) is 1. The van der Waals surface area contributed by atoms with Crippen molar-refractivity contribution in [2.45, 2.75) is 36.2 Å². The lowest BCUT2D eigenvalue weighted by molar-refractivity contribution is -0.304. The minimum absolute atomic E-state index is 0.0501. The van der Waals surface area contributed by atoms with E-state index >= 15 is 0 Å². The van der Waals surface area contributed by atoms with Gasteiger partial charge in [0.25, 0.3) is 0 Å². The molecule has 3 aliphatic rings. The second-order valence-corrected chi connectivity index (χ2v) is 5.68. The van der Waals surface area contributed by atoms with Gasteiger partial charge in [-0.25, -0.2) is 20.2 Å². The largest absolute Gasteiger partial charge is 0.446 e. The summed E-state index contributed by atoms with van der Waals surface area (Å²) < 4.78 is 4.73. The molecule has 3 aliphatic heterocycles. The van der Waals surface area contributed by atoms with Crippen LogP contribution in [0.2, 0.25) is 0 Å². The average molecular weight is 333 g/mol. The molecular formula is C10H19N7O6. The minimum atomic E-state index is -2.22. The lowest BCUT2D eigenvalue weighted by Gasteiger charge is -2.54. The molecule has 0 aliphatic carbocycles. The lowest BCUT2D eigenvalue weighted by atomic mass is 9.85. The van der Waals surface area contributed by atoms with Crippen LogP contribution in [0, 0.1) is 0 Å². The highest BCUT2D eigenvalue weighted by Crippen LogP contribution is 2.46. The minimum Gasteiger partial charge on any atom is -0.446 e. The highest BCUT2D eigenvalue weighted by molar-refractivity contribution is 5.82. The summed E-state index contributed by atoms with van der Waals surface area (Å²) in [5, 5.41) is 43.0. The number of hydroxylamine groups is 3. The zero-order valence-electron chi connectivity index (χ0n) is 12.0. The van der Waals surface area contributed by atoms with Gasteiger partial charge in [-0.3, -0.25) is 5.21 Å². The van der Waals surface area contributed by atoms with E-state index in [4.69, 9.17) is 21.4 Å². The van der Waals surface area contributed by atoms with E-state index in [0.717, 1.165) is 0 Å². The normalized spacial score (nSPS) is 39.2. The van der Waals surface area contributed by atoms with Crippen molar-refractivity contribution in [1.29, 1.82) is 0 Å². The maximum Gasteiger partial charge on any atom is 0.431 e.